The average Bonchev–Trinajstić information content (AvgIpc) is 3.03. The van der Waals surface area contributed by atoms with Gasteiger partial charge in [0.25, 0.3) is 0 Å². The number of rotatable bonds is 5. The fourth-order valence-corrected chi connectivity index (χ4v) is 3.04. The molecule has 3 rings (SSSR count). The largest absolute Gasteiger partial charge is 0.573 e. The Hall–Kier alpha value is -2.94. The van der Waals surface area contributed by atoms with E-state index >= 15 is 0 Å². The number of hydrogen-bond acceptors (Lipinski definition) is 4. The first-order valence-electron chi connectivity index (χ1n) is 7.22. The van der Waals surface area contributed by atoms with E-state index < -0.39 is 12.3 Å². The Kier molecular flexibility index (Phi) is 4.90. The van der Waals surface area contributed by atoms with Gasteiger partial charge in [0.15, 0.2) is 5.69 Å². The first-order chi connectivity index (χ1) is 12.3. The number of benzene rings is 2. The Morgan fingerprint density at radius 2 is 1.62 bits per heavy atom. The van der Waals surface area contributed by atoms with E-state index in [0.29, 0.717) is 5.03 Å². The van der Waals surface area contributed by atoms with Crippen LogP contribution < -0.4 is 4.74 Å². The number of aromatic nitrogens is 2. The lowest BCUT2D eigenvalue weighted by Gasteiger charge is -2.09. The number of carbonyl (C=O) groups is 1. The summed E-state index contributed by atoms with van der Waals surface area (Å²) in [7, 11) is 0. The Morgan fingerprint density at radius 3 is 2.15 bits per heavy atom. The smallest absolute Gasteiger partial charge is 0.476 e. The lowest BCUT2D eigenvalue weighted by Crippen LogP contribution is -2.16. The number of imidazole rings is 1. The van der Waals surface area contributed by atoms with Gasteiger partial charge in [0.2, 0.25) is 0 Å². The number of H-pyrrole nitrogens is 1. The highest BCUT2D eigenvalue weighted by Crippen LogP contribution is 2.31. The molecule has 0 saturated carbocycles. The van der Waals surface area contributed by atoms with Gasteiger partial charge < -0.3 is 14.8 Å². The molecule has 0 spiro atoms. The fraction of sp³-hybridized carbons (Fsp3) is 0.0588. The number of aromatic amines is 1. The van der Waals surface area contributed by atoms with Crippen LogP contribution in [0.4, 0.5) is 13.2 Å². The molecule has 0 radical (unpaired) electrons. The summed E-state index contributed by atoms with van der Waals surface area (Å²) in [6.45, 7) is 0. The number of halogens is 3. The van der Waals surface area contributed by atoms with E-state index in [4.69, 9.17) is 5.11 Å². The molecule has 0 amide bonds. The van der Waals surface area contributed by atoms with Crippen LogP contribution >= 0.6 is 11.8 Å². The highest BCUT2D eigenvalue weighted by atomic mass is 32.2. The maximum absolute atomic E-state index is 12.2. The number of nitrogens with zero attached hydrogens (tertiary/aromatic N) is 1. The van der Waals surface area contributed by atoms with Crippen LogP contribution in [0.2, 0.25) is 0 Å². The Bertz CT molecular complexity index is 906. The van der Waals surface area contributed by atoms with Crippen molar-refractivity contribution in [1.82, 2.24) is 9.97 Å². The summed E-state index contributed by atoms with van der Waals surface area (Å²) in [5.74, 6) is -1.38. The van der Waals surface area contributed by atoms with Gasteiger partial charge in [-0.05, 0) is 35.4 Å². The number of alkyl halides is 3. The van der Waals surface area contributed by atoms with Crippen molar-refractivity contribution in [2.24, 2.45) is 0 Å². The summed E-state index contributed by atoms with van der Waals surface area (Å²) in [4.78, 5) is 18.4. The van der Waals surface area contributed by atoms with Gasteiger partial charge in [0, 0.05) is 4.90 Å². The van der Waals surface area contributed by atoms with Gasteiger partial charge >= 0.3 is 12.3 Å². The molecule has 9 heteroatoms. The van der Waals surface area contributed by atoms with E-state index in [1.807, 2.05) is 0 Å². The minimum Gasteiger partial charge on any atom is -0.476 e. The summed E-state index contributed by atoms with van der Waals surface area (Å²) < 4.78 is 40.4. The molecule has 0 fully saturated rings. The molecule has 26 heavy (non-hydrogen) atoms. The lowest BCUT2D eigenvalue weighted by molar-refractivity contribution is -0.274. The lowest BCUT2D eigenvalue weighted by atomic mass is 10.1. The molecule has 5 nitrogen and oxygen atoms in total. The summed E-state index contributed by atoms with van der Waals surface area (Å²) in [5.41, 5.74) is 1.54. The van der Waals surface area contributed by atoms with E-state index in [1.54, 1.807) is 24.3 Å². The maximum atomic E-state index is 12.2. The van der Waals surface area contributed by atoms with Crippen molar-refractivity contribution in [3.05, 3.63) is 60.6 Å². The molecule has 1 aromatic heterocycles. The summed E-state index contributed by atoms with van der Waals surface area (Å²) >= 11 is 1.19. The summed E-state index contributed by atoms with van der Waals surface area (Å²) in [6.07, 6.45) is -3.41. The predicted octanol–water partition coefficient (Wildman–Crippen LogP) is 4.82. The number of carboxylic acids is 1. The van der Waals surface area contributed by atoms with Gasteiger partial charge in [0.05, 0.1) is 6.33 Å². The minimum atomic E-state index is -4.72. The molecular formula is C17H11F3N2O3S. The highest BCUT2D eigenvalue weighted by molar-refractivity contribution is 7.99. The Labute approximate surface area is 149 Å². The molecule has 0 unspecified atom stereocenters. The number of nitrogens with one attached hydrogen (secondary N) is 1. The van der Waals surface area contributed by atoms with Gasteiger partial charge in [-0.1, -0.05) is 36.0 Å². The molecule has 3 aromatic rings. The van der Waals surface area contributed by atoms with Crippen LogP contribution in [0, 0.1) is 0 Å². The summed E-state index contributed by atoms with van der Waals surface area (Å²) in [5, 5.41) is 9.40. The van der Waals surface area contributed by atoms with Gasteiger partial charge in [-0.25, -0.2) is 9.78 Å². The molecule has 0 saturated heterocycles. The molecule has 0 aliphatic carbocycles. The SMILES string of the molecule is O=C(O)c1[nH]cnc1Sc1ccc(-c2ccc(OC(F)(F)F)cc2)cc1. The molecule has 2 aromatic carbocycles. The van der Waals surface area contributed by atoms with Crippen molar-refractivity contribution in [2.75, 3.05) is 0 Å². The number of hydrogen-bond donors (Lipinski definition) is 2. The molecule has 0 bridgehead atoms. The van der Waals surface area contributed by atoms with Crippen LogP contribution in [0.15, 0.2) is 64.8 Å². The first kappa shape index (κ1) is 17.9. The number of carboxylic acid groups (broad SMARTS) is 1. The van der Waals surface area contributed by atoms with Crippen molar-refractivity contribution in [3.63, 3.8) is 0 Å². The summed E-state index contributed by atoms with van der Waals surface area (Å²) in [6, 6.07) is 12.7. The van der Waals surface area contributed by atoms with Crippen LogP contribution in [0.1, 0.15) is 10.5 Å². The molecule has 1 heterocycles. The van der Waals surface area contributed by atoms with Crippen LogP contribution in [0.25, 0.3) is 11.1 Å². The van der Waals surface area contributed by atoms with Crippen LogP contribution in [0.5, 0.6) is 5.75 Å². The number of ether oxygens (including phenoxy) is 1. The van der Waals surface area contributed by atoms with Gasteiger partial charge in [-0.15, -0.1) is 13.2 Å². The Morgan fingerprint density at radius 1 is 1.04 bits per heavy atom. The predicted molar refractivity (Wildman–Crippen MR) is 88.2 cm³/mol. The monoisotopic (exact) mass is 380 g/mol. The van der Waals surface area contributed by atoms with Crippen LogP contribution in [-0.4, -0.2) is 27.4 Å². The molecule has 0 atom stereocenters. The van der Waals surface area contributed by atoms with Crippen LogP contribution in [-0.2, 0) is 0 Å². The zero-order chi connectivity index (χ0) is 18.7. The van der Waals surface area contributed by atoms with Gasteiger partial charge in [-0.2, -0.15) is 0 Å². The van der Waals surface area contributed by atoms with E-state index in [2.05, 4.69) is 14.7 Å². The third kappa shape index (κ3) is 4.37. The van der Waals surface area contributed by atoms with Crippen molar-refractivity contribution in [3.8, 4) is 16.9 Å². The van der Waals surface area contributed by atoms with E-state index in [0.717, 1.165) is 16.0 Å². The quantitative estimate of drug-likeness (QED) is 0.663. The molecule has 134 valence electrons. The van der Waals surface area contributed by atoms with E-state index in [1.165, 1.54) is 42.4 Å². The van der Waals surface area contributed by atoms with E-state index in [-0.39, 0.29) is 11.4 Å². The molecule has 0 aliphatic heterocycles. The molecule has 0 aliphatic rings. The third-order valence-corrected chi connectivity index (χ3v) is 4.32. The second-order valence-electron chi connectivity index (χ2n) is 5.09. The Balaban J connectivity index is 1.73. The first-order valence-corrected chi connectivity index (χ1v) is 8.04. The second-order valence-corrected chi connectivity index (χ2v) is 6.15. The standard InChI is InChI=1S/C17H11F3N2O3S/c18-17(19,20)25-12-5-1-10(2-6-12)11-3-7-13(8-4-11)26-15-14(16(23)24)21-9-22-15/h1-9H,(H,21,22)(H,23,24). The van der Waals surface area contributed by atoms with Crippen molar-refractivity contribution >= 4 is 17.7 Å². The average molecular weight is 380 g/mol. The normalized spacial score (nSPS) is 11.3. The molecular weight excluding hydrogens is 369 g/mol. The second kappa shape index (κ2) is 7.12. The zero-order valence-corrected chi connectivity index (χ0v) is 13.8. The van der Waals surface area contributed by atoms with Crippen molar-refractivity contribution < 1.29 is 27.8 Å². The highest BCUT2D eigenvalue weighted by Gasteiger charge is 2.30. The van der Waals surface area contributed by atoms with E-state index in [9.17, 15) is 18.0 Å². The van der Waals surface area contributed by atoms with Gasteiger partial charge in [0.1, 0.15) is 10.8 Å². The number of aromatic carboxylic acids is 1. The van der Waals surface area contributed by atoms with Crippen molar-refractivity contribution in [1.29, 1.82) is 0 Å². The van der Waals surface area contributed by atoms with Crippen molar-refractivity contribution in [2.45, 2.75) is 16.3 Å². The van der Waals surface area contributed by atoms with Gasteiger partial charge in [-0.3, -0.25) is 0 Å². The minimum absolute atomic E-state index is 0.0133. The third-order valence-electron chi connectivity index (χ3n) is 3.31. The zero-order valence-electron chi connectivity index (χ0n) is 12.9. The maximum Gasteiger partial charge on any atom is 0.573 e. The fourth-order valence-electron chi connectivity index (χ4n) is 2.19. The topological polar surface area (TPSA) is 75.2 Å². The molecule has 2 N–H and O–H groups in total. The van der Waals surface area contributed by atoms with Crippen LogP contribution in [0.3, 0.4) is 0 Å².